The van der Waals surface area contributed by atoms with Crippen molar-refractivity contribution in [1.29, 1.82) is 5.26 Å². The fraction of sp³-hybridized carbons (Fsp3) is 0.364. The lowest BCUT2D eigenvalue weighted by Gasteiger charge is -2.28. The number of thioether (sulfide) groups is 1. The summed E-state index contributed by atoms with van der Waals surface area (Å²) < 4.78 is 7.46. The smallest absolute Gasteiger partial charge is 0.234 e. The number of benzene rings is 1. The molecule has 0 aliphatic rings. The van der Waals surface area contributed by atoms with E-state index in [0.29, 0.717) is 23.3 Å². The largest absolute Gasteiger partial charge is 0.461 e. The van der Waals surface area contributed by atoms with Gasteiger partial charge in [0.05, 0.1) is 24.1 Å². The molecule has 0 aliphatic carbocycles. The van der Waals surface area contributed by atoms with E-state index in [-0.39, 0.29) is 11.8 Å². The molecule has 1 amide bonds. The lowest BCUT2D eigenvalue weighted by molar-refractivity contribution is -0.121. The summed E-state index contributed by atoms with van der Waals surface area (Å²) in [4.78, 5) is 12.8. The van der Waals surface area contributed by atoms with Crippen LogP contribution in [0.1, 0.15) is 33.3 Å². The standard InChI is InChI=1S/C22H25N5O2S/c1-15(2)22(4,14-23)24-20(28)16(3)30-21-26-25-19(18-11-8-12-29-18)27(21)13-17-9-6-5-7-10-17/h5-12,15-16H,13H2,1-4H3,(H,24,28). The van der Waals surface area contributed by atoms with Gasteiger partial charge in [0.15, 0.2) is 10.9 Å². The highest BCUT2D eigenvalue weighted by Gasteiger charge is 2.32. The molecule has 0 bridgehead atoms. The molecular weight excluding hydrogens is 398 g/mol. The zero-order chi connectivity index (χ0) is 21.7. The first-order valence-corrected chi connectivity index (χ1v) is 10.6. The Kier molecular flexibility index (Phi) is 6.63. The molecule has 2 unspecified atom stereocenters. The number of nitrogens with one attached hydrogen (secondary N) is 1. The van der Waals surface area contributed by atoms with Crippen LogP contribution in [0.3, 0.4) is 0 Å². The van der Waals surface area contributed by atoms with Gasteiger partial charge in [-0.1, -0.05) is 55.9 Å². The third-order valence-corrected chi connectivity index (χ3v) is 6.14. The van der Waals surface area contributed by atoms with Crippen molar-refractivity contribution in [2.24, 2.45) is 5.92 Å². The van der Waals surface area contributed by atoms with Gasteiger partial charge in [-0.15, -0.1) is 10.2 Å². The first kappa shape index (κ1) is 21.7. The molecule has 3 rings (SSSR count). The second-order valence-corrected chi connectivity index (χ2v) is 8.88. The van der Waals surface area contributed by atoms with E-state index in [1.807, 2.05) is 54.8 Å². The third kappa shape index (κ3) is 4.74. The molecule has 1 aromatic carbocycles. The van der Waals surface area contributed by atoms with E-state index in [2.05, 4.69) is 21.6 Å². The molecule has 3 aromatic rings. The highest BCUT2D eigenvalue weighted by molar-refractivity contribution is 8.00. The molecule has 156 valence electrons. The zero-order valence-electron chi connectivity index (χ0n) is 17.5. The molecular formula is C22H25N5O2S. The van der Waals surface area contributed by atoms with Crippen molar-refractivity contribution in [3.05, 3.63) is 54.3 Å². The lowest BCUT2D eigenvalue weighted by Crippen LogP contribution is -2.51. The summed E-state index contributed by atoms with van der Waals surface area (Å²) in [6.45, 7) is 7.90. The summed E-state index contributed by atoms with van der Waals surface area (Å²) in [5, 5.41) is 21.1. The highest BCUT2D eigenvalue weighted by Crippen LogP contribution is 2.28. The molecule has 30 heavy (non-hydrogen) atoms. The molecule has 8 heteroatoms. The van der Waals surface area contributed by atoms with Crippen molar-refractivity contribution in [3.8, 4) is 17.7 Å². The van der Waals surface area contributed by atoms with Crippen LogP contribution in [0.25, 0.3) is 11.6 Å². The van der Waals surface area contributed by atoms with E-state index in [4.69, 9.17) is 4.42 Å². The number of nitriles is 1. The average molecular weight is 424 g/mol. The highest BCUT2D eigenvalue weighted by atomic mass is 32.2. The number of hydrogen-bond donors (Lipinski definition) is 1. The summed E-state index contributed by atoms with van der Waals surface area (Å²) in [6.07, 6.45) is 1.59. The topological polar surface area (TPSA) is 96.7 Å². The first-order chi connectivity index (χ1) is 14.3. The summed E-state index contributed by atoms with van der Waals surface area (Å²) in [5.74, 6) is 0.977. The third-order valence-electron chi connectivity index (χ3n) is 5.06. The van der Waals surface area contributed by atoms with Gasteiger partial charge < -0.3 is 9.73 Å². The van der Waals surface area contributed by atoms with Gasteiger partial charge >= 0.3 is 0 Å². The van der Waals surface area contributed by atoms with Crippen LogP contribution in [0.15, 0.2) is 58.3 Å². The Labute approximate surface area is 180 Å². The quantitative estimate of drug-likeness (QED) is 0.548. The predicted molar refractivity (Wildman–Crippen MR) is 116 cm³/mol. The lowest BCUT2D eigenvalue weighted by atomic mass is 9.90. The number of furan rings is 1. The maximum atomic E-state index is 12.8. The number of rotatable bonds is 8. The van der Waals surface area contributed by atoms with Crippen molar-refractivity contribution in [1.82, 2.24) is 20.1 Å². The zero-order valence-corrected chi connectivity index (χ0v) is 18.3. The number of nitrogens with zero attached hydrogens (tertiary/aromatic N) is 4. The molecule has 2 heterocycles. The normalized spacial score (nSPS) is 14.1. The molecule has 2 aromatic heterocycles. The monoisotopic (exact) mass is 423 g/mol. The number of carbonyl (C=O) groups is 1. The summed E-state index contributed by atoms with van der Waals surface area (Å²) in [6, 6.07) is 15.8. The summed E-state index contributed by atoms with van der Waals surface area (Å²) >= 11 is 1.30. The molecule has 0 aliphatic heterocycles. The Morgan fingerprint density at radius 3 is 2.57 bits per heavy atom. The van der Waals surface area contributed by atoms with Crippen molar-refractivity contribution in [2.45, 2.75) is 50.2 Å². The van der Waals surface area contributed by atoms with Crippen LogP contribution in [0.2, 0.25) is 0 Å². The molecule has 1 N–H and O–H groups in total. The summed E-state index contributed by atoms with van der Waals surface area (Å²) in [7, 11) is 0. The van der Waals surface area contributed by atoms with Crippen LogP contribution in [0, 0.1) is 17.2 Å². The van der Waals surface area contributed by atoms with Gasteiger partial charge in [-0.05, 0) is 37.5 Å². The van der Waals surface area contributed by atoms with E-state index in [9.17, 15) is 10.1 Å². The number of carbonyl (C=O) groups excluding carboxylic acids is 1. The minimum atomic E-state index is -0.928. The SMILES string of the molecule is CC(Sc1nnc(-c2ccco2)n1Cc1ccccc1)C(=O)NC(C)(C#N)C(C)C. The van der Waals surface area contributed by atoms with Gasteiger partial charge in [-0.3, -0.25) is 9.36 Å². The van der Waals surface area contributed by atoms with Crippen LogP contribution in [-0.4, -0.2) is 31.5 Å². The second-order valence-electron chi connectivity index (χ2n) is 7.57. The molecule has 0 saturated carbocycles. The minimum absolute atomic E-state index is 0.0176. The maximum absolute atomic E-state index is 12.8. The predicted octanol–water partition coefficient (Wildman–Crippen LogP) is 4.12. The van der Waals surface area contributed by atoms with Gasteiger partial charge in [0.1, 0.15) is 5.54 Å². The van der Waals surface area contributed by atoms with E-state index in [1.165, 1.54) is 11.8 Å². The van der Waals surface area contributed by atoms with Gasteiger partial charge in [-0.25, -0.2) is 0 Å². The van der Waals surface area contributed by atoms with Gasteiger partial charge in [0, 0.05) is 0 Å². The molecule has 0 saturated heterocycles. The van der Waals surface area contributed by atoms with Crippen LogP contribution in [0.4, 0.5) is 0 Å². The second kappa shape index (κ2) is 9.18. The van der Waals surface area contributed by atoms with Gasteiger partial charge in [0.2, 0.25) is 11.7 Å². The van der Waals surface area contributed by atoms with E-state index in [0.717, 1.165) is 5.56 Å². The Balaban J connectivity index is 1.85. The number of amides is 1. The van der Waals surface area contributed by atoms with Crippen LogP contribution in [-0.2, 0) is 11.3 Å². The minimum Gasteiger partial charge on any atom is -0.461 e. The average Bonchev–Trinajstić information content (AvgIpc) is 3.39. The van der Waals surface area contributed by atoms with Crippen molar-refractivity contribution in [2.75, 3.05) is 0 Å². The number of aromatic nitrogens is 3. The summed E-state index contributed by atoms with van der Waals surface area (Å²) in [5.41, 5.74) is 0.157. The Hall–Kier alpha value is -3.05. The van der Waals surface area contributed by atoms with E-state index in [1.54, 1.807) is 26.2 Å². The van der Waals surface area contributed by atoms with Crippen LogP contribution >= 0.6 is 11.8 Å². The van der Waals surface area contributed by atoms with Gasteiger partial charge in [0.25, 0.3) is 0 Å². The van der Waals surface area contributed by atoms with Crippen LogP contribution < -0.4 is 5.32 Å². The molecule has 0 spiro atoms. The van der Waals surface area contributed by atoms with Crippen molar-refractivity contribution in [3.63, 3.8) is 0 Å². The Morgan fingerprint density at radius 2 is 1.97 bits per heavy atom. The van der Waals surface area contributed by atoms with E-state index < -0.39 is 10.8 Å². The van der Waals surface area contributed by atoms with Crippen molar-refractivity contribution < 1.29 is 9.21 Å². The molecule has 2 atom stereocenters. The van der Waals surface area contributed by atoms with Crippen molar-refractivity contribution >= 4 is 17.7 Å². The van der Waals surface area contributed by atoms with Gasteiger partial charge in [-0.2, -0.15) is 5.26 Å². The van der Waals surface area contributed by atoms with Crippen LogP contribution in [0.5, 0.6) is 0 Å². The first-order valence-electron chi connectivity index (χ1n) is 9.75. The Morgan fingerprint density at radius 1 is 1.23 bits per heavy atom. The fourth-order valence-electron chi connectivity index (χ4n) is 2.74. The fourth-order valence-corrected chi connectivity index (χ4v) is 3.59. The molecule has 0 fully saturated rings. The Bertz CT molecular complexity index is 1020. The molecule has 7 nitrogen and oxygen atoms in total. The molecule has 0 radical (unpaired) electrons. The number of hydrogen-bond acceptors (Lipinski definition) is 6. The maximum Gasteiger partial charge on any atom is 0.234 e. The van der Waals surface area contributed by atoms with E-state index >= 15 is 0 Å².